The van der Waals surface area contributed by atoms with Crippen LogP contribution in [-0.2, 0) is 9.53 Å². The van der Waals surface area contributed by atoms with Gasteiger partial charge in [-0.3, -0.25) is 14.5 Å². The van der Waals surface area contributed by atoms with Gasteiger partial charge in [-0.05, 0) is 94.8 Å². The number of aromatic nitrogens is 2. The van der Waals surface area contributed by atoms with E-state index in [-0.39, 0.29) is 47.5 Å². The molecule has 0 radical (unpaired) electrons. The minimum absolute atomic E-state index is 0.0110. The molecule has 2 aromatic carbocycles. The third-order valence-electron chi connectivity index (χ3n) is 7.04. The second-order valence-corrected chi connectivity index (χ2v) is 10.3. The smallest absolute Gasteiger partial charge is 0.343 e. The highest BCUT2D eigenvalue weighted by Gasteiger charge is 2.34. The average Bonchev–Trinajstić information content (AvgIpc) is 3.34. The van der Waals surface area contributed by atoms with E-state index in [1.54, 1.807) is 59.1 Å². The van der Waals surface area contributed by atoms with E-state index in [2.05, 4.69) is 17.3 Å². The summed E-state index contributed by atoms with van der Waals surface area (Å²) in [4.78, 5) is 40.8. The summed E-state index contributed by atoms with van der Waals surface area (Å²) in [5.41, 5.74) is 1.76. The van der Waals surface area contributed by atoms with Crippen LogP contribution in [0.25, 0.3) is 5.69 Å². The maximum atomic E-state index is 13.7. The Balaban J connectivity index is 1.61. The fourth-order valence-electron chi connectivity index (χ4n) is 4.88. The molecule has 4 rings (SSSR count). The number of carbonyl (C=O) groups excluding carboxylic acids is 3. The van der Waals surface area contributed by atoms with Gasteiger partial charge >= 0.3 is 5.97 Å². The standard InChI is InChI=1S/C30H36N4O5/c1-5-39-30(38)26-18-33(32-27(26)34(19(2)3)29(37)21-11-9-20(4)10-12-21)24-15-13-23(14-16-24)31-28(36)22-7-6-8-25(35)17-22/h6-8,13-21,35H,5,9-12H2,1-4H3,(H,31,36). The van der Waals surface area contributed by atoms with E-state index in [4.69, 9.17) is 4.74 Å². The van der Waals surface area contributed by atoms with Crippen molar-refractivity contribution in [2.45, 2.75) is 59.4 Å². The number of phenolic OH excluding ortho intramolecular Hbond substituents is 1. The first-order chi connectivity index (χ1) is 18.7. The third-order valence-corrected chi connectivity index (χ3v) is 7.04. The van der Waals surface area contributed by atoms with E-state index in [1.807, 2.05) is 13.8 Å². The molecule has 2 N–H and O–H groups in total. The van der Waals surface area contributed by atoms with E-state index in [0.29, 0.717) is 22.9 Å². The van der Waals surface area contributed by atoms with Gasteiger partial charge in [-0.2, -0.15) is 0 Å². The van der Waals surface area contributed by atoms with E-state index in [9.17, 15) is 19.5 Å². The van der Waals surface area contributed by atoms with Crippen molar-refractivity contribution in [3.63, 3.8) is 0 Å². The normalized spacial score (nSPS) is 17.1. The molecule has 9 nitrogen and oxygen atoms in total. The molecule has 1 heterocycles. The molecule has 206 valence electrons. The molecule has 1 aliphatic carbocycles. The van der Waals surface area contributed by atoms with Crippen molar-refractivity contribution in [1.82, 2.24) is 9.78 Å². The number of nitrogens with zero attached hydrogens (tertiary/aromatic N) is 3. The summed E-state index contributed by atoms with van der Waals surface area (Å²) in [5.74, 6) is -0.0955. The van der Waals surface area contributed by atoms with Crippen molar-refractivity contribution in [2.75, 3.05) is 16.8 Å². The summed E-state index contributed by atoms with van der Waals surface area (Å²) >= 11 is 0. The predicted octanol–water partition coefficient (Wildman–Crippen LogP) is 5.57. The van der Waals surface area contributed by atoms with E-state index in [1.165, 1.54) is 12.1 Å². The molecule has 39 heavy (non-hydrogen) atoms. The molecule has 1 aromatic heterocycles. The molecule has 1 fully saturated rings. The minimum Gasteiger partial charge on any atom is -0.508 e. The number of aromatic hydroxyl groups is 1. The molecule has 0 saturated heterocycles. The zero-order valence-electron chi connectivity index (χ0n) is 22.9. The zero-order chi connectivity index (χ0) is 28.1. The second kappa shape index (κ2) is 12.1. The van der Waals surface area contributed by atoms with Gasteiger partial charge in [0.2, 0.25) is 5.91 Å². The second-order valence-electron chi connectivity index (χ2n) is 10.3. The molecule has 0 unspecified atom stereocenters. The summed E-state index contributed by atoms with van der Waals surface area (Å²) < 4.78 is 6.85. The van der Waals surface area contributed by atoms with Crippen LogP contribution in [-0.4, -0.2) is 45.3 Å². The van der Waals surface area contributed by atoms with Gasteiger partial charge in [0.05, 0.1) is 12.3 Å². The average molecular weight is 533 g/mol. The van der Waals surface area contributed by atoms with Gasteiger partial charge in [0, 0.05) is 29.4 Å². The Labute approximate surface area is 228 Å². The van der Waals surface area contributed by atoms with E-state index >= 15 is 0 Å². The number of rotatable bonds is 8. The van der Waals surface area contributed by atoms with Crippen LogP contribution in [0.4, 0.5) is 11.5 Å². The Morgan fingerprint density at radius 3 is 2.41 bits per heavy atom. The van der Waals surface area contributed by atoms with Gasteiger partial charge in [-0.15, -0.1) is 5.10 Å². The van der Waals surface area contributed by atoms with Crippen molar-refractivity contribution in [3.05, 3.63) is 65.9 Å². The highest BCUT2D eigenvalue weighted by atomic mass is 16.5. The van der Waals surface area contributed by atoms with Crippen LogP contribution in [0.2, 0.25) is 0 Å². The topological polar surface area (TPSA) is 114 Å². The minimum atomic E-state index is -0.538. The number of nitrogens with one attached hydrogen (secondary N) is 1. The summed E-state index contributed by atoms with van der Waals surface area (Å²) in [5, 5.41) is 17.1. The fourth-order valence-corrected chi connectivity index (χ4v) is 4.88. The summed E-state index contributed by atoms with van der Waals surface area (Å²) in [7, 11) is 0. The summed E-state index contributed by atoms with van der Waals surface area (Å²) in [6.45, 7) is 7.99. The largest absolute Gasteiger partial charge is 0.508 e. The zero-order valence-corrected chi connectivity index (χ0v) is 22.9. The Morgan fingerprint density at radius 1 is 1.10 bits per heavy atom. The van der Waals surface area contributed by atoms with Crippen LogP contribution in [0, 0.1) is 11.8 Å². The number of esters is 1. The molecule has 0 bridgehead atoms. The van der Waals surface area contributed by atoms with Gasteiger partial charge in [0.15, 0.2) is 5.82 Å². The molecule has 0 spiro atoms. The van der Waals surface area contributed by atoms with Crippen molar-refractivity contribution < 1.29 is 24.2 Å². The molecule has 0 atom stereocenters. The molecule has 0 aliphatic heterocycles. The number of amides is 2. The van der Waals surface area contributed by atoms with Crippen LogP contribution in [0.3, 0.4) is 0 Å². The number of anilines is 2. The lowest BCUT2D eigenvalue weighted by atomic mass is 9.82. The number of benzene rings is 2. The fraction of sp³-hybridized carbons (Fsp3) is 0.400. The van der Waals surface area contributed by atoms with Crippen LogP contribution in [0.1, 0.15) is 74.1 Å². The predicted molar refractivity (Wildman–Crippen MR) is 149 cm³/mol. The van der Waals surface area contributed by atoms with Crippen LogP contribution in [0.15, 0.2) is 54.7 Å². The van der Waals surface area contributed by atoms with Crippen LogP contribution >= 0.6 is 0 Å². The first-order valence-electron chi connectivity index (χ1n) is 13.5. The maximum absolute atomic E-state index is 13.7. The van der Waals surface area contributed by atoms with Crippen molar-refractivity contribution in [2.24, 2.45) is 11.8 Å². The molecule has 2 amide bonds. The molecule has 1 saturated carbocycles. The Bertz CT molecular complexity index is 1320. The number of hydrogen-bond donors (Lipinski definition) is 2. The number of carbonyl (C=O) groups is 3. The molecular formula is C30H36N4O5. The Hall–Kier alpha value is -4.14. The lowest BCUT2D eigenvalue weighted by Gasteiger charge is -2.32. The Kier molecular flexibility index (Phi) is 8.69. The third kappa shape index (κ3) is 6.47. The van der Waals surface area contributed by atoms with Gasteiger partial charge in [0.25, 0.3) is 5.91 Å². The van der Waals surface area contributed by atoms with Gasteiger partial charge in [0.1, 0.15) is 11.3 Å². The highest BCUT2D eigenvalue weighted by Crippen LogP contribution is 2.33. The quantitative estimate of drug-likeness (QED) is 0.367. The number of ether oxygens (including phenoxy) is 1. The van der Waals surface area contributed by atoms with Crippen molar-refractivity contribution in [1.29, 1.82) is 0 Å². The maximum Gasteiger partial charge on any atom is 0.343 e. The monoisotopic (exact) mass is 532 g/mol. The molecule has 3 aromatic rings. The van der Waals surface area contributed by atoms with Gasteiger partial charge in [-0.25, -0.2) is 9.48 Å². The van der Waals surface area contributed by atoms with Crippen molar-refractivity contribution >= 4 is 29.3 Å². The van der Waals surface area contributed by atoms with Gasteiger partial charge in [-0.1, -0.05) is 13.0 Å². The molecular weight excluding hydrogens is 496 g/mol. The van der Waals surface area contributed by atoms with Crippen LogP contribution < -0.4 is 10.2 Å². The summed E-state index contributed by atoms with van der Waals surface area (Å²) in [6, 6.07) is 12.8. The first-order valence-corrected chi connectivity index (χ1v) is 13.5. The highest BCUT2D eigenvalue weighted by molar-refractivity contribution is 6.04. The number of phenols is 1. The molecule has 1 aliphatic rings. The van der Waals surface area contributed by atoms with E-state index < -0.39 is 5.97 Å². The SMILES string of the molecule is CCOC(=O)c1cn(-c2ccc(NC(=O)c3cccc(O)c3)cc2)nc1N(C(=O)C1CCC(C)CC1)C(C)C. The van der Waals surface area contributed by atoms with Crippen LogP contribution in [0.5, 0.6) is 5.75 Å². The summed E-state index contributed by atoms with van der Waals surface area (Å²) in [6.07, 6.45) is 5.26. The first kappa shape index (κ1) is 27.9. The lowest BCUT2D eigenvalue weighted by molar-refractivity contribution is -0.124. The lowest BCUT2D eigenvalue weighted by Crippen LogP contribution is -2.43. The number of hydrogen-bond acceptors (Lipinski definition) is 6. The Morgan fingerprint density at radius 2 is 1.79 bits per heavy atom. The molecule has 9 heteroatoms. The van der Waals surface area contributed by atoms with Gasteiger partial charge < -0.3 is 15.2 Å². The van der Waals surface area contributed by atoms with E-state index in [0.717, 1.165) is 25.7 Å². The van der Waals surface area contributed by atoms with Crippen molar-refractivity contribution in [3.8, 4) is 11.4 Å².